The molecule has 0 bridgehead atoms. The van der Waals surface area contributed by atoms with E-state index in [1.807, 2.05) is 11.3 Å². The number of nitrogens with one attached hydrogen (secondary N) is 1. The zero-order valence-electron chi connectivity index (χ0n) is 12.0. The van der Waals surface area contributed by atoms with Gasteiger partial charge >= 0.3 is 0 Å². The zero-order chi connectivity index (χ0) is 13.1. The molecule has 1 aliphatic heterocycles. The summed E-state index contributed by atoms with van der Waals surface area (Å²) in [7, 11) is 0. The van der Waals surface area contributed by atoms with Crippen molar-refractivity contribution in [2.24, 2.45) is 5.92 Å². The van der Waals surface area contributed by atoms with Gasteiger partial charge in [0.25, 0.3) is 0 Å². The molecule has 2 heterocycles. The lowest BCUT2D eigenvalue weighted by molar-refractivity contribution is 0.659. The third-order valence-corrected chi connectivity index (χ3v) is 4.63. The van der Waals surface area contributed by atoms with Gasteiger partial charge in [0, 0.05) is 24.5 Å². The maximum absolute atomic E-state index is 4.88. The second kappa shape index (κ2) is 6.02. The number of rotatable bonds is 5. The van der Waals surface area contributed by atoms with Crippen LogP contribution in [-0.2, 0) is 6.54 Å². The van der Waals surface area contributed by atoms with E-state index >= 15 is 0 Å². The number of nitrogens with zero attached hydrogens (tertiary/aromatic N) is 2. The Morgan fingerprint density at radius 3 is 2.83 bits per heavy atom. The highest BCUT2D eigenvalue weighted by Crippen LogP contribution is 2.33. The van der Waals surface area contributed by atoms with Crippen molar-refractivity contribution in [3.8, 4) is 0 Å². The van der Waals surface area contributed by atoms with Crippen LogP contribution in [0.4, 0.5) is 5.13 Å². The fourth-order valence-electron chi connectivity index (χ4n) is 2.41. The minimum atomic E-state index is 0.517. The fraction of sp³-hybridized carbons (Fsp3) is 0.786. The van der Waals surface area contributed by atoms with Crippen molar-refractivity contribution in [1.82, 2.24) is 10.3 Å². The first-order valence-electron chi connectivity index (χ1n) is 7.07. The third-order valence-electron chi connectivity index (χ3n) is 3.49. The van der Waals surface area contributed by atoms with Gasteiger partial charge < -0.3 is 10.2 Å². The Labute approximate surface area is 115 Å². The molecule has 1 saturated heterocycles. The monoisotopic (exact) mass is 267 g/mol. The van der Waals surface area contributed by atoms with Crippen molar-refractivity contribution < 1.29 is 0 Å². The molecule has 1 fully saturated rings. The maximum Gasteiger partial charge on any atom is 0.185 e. The van der Waals surface area contributed by atoms with Crippen LogP contribution in [0.25, 0.3) is 0 Å². The summed E-state index contributed by atoms with van der Waals surface area (Å²) in [5, 5.41) is 4.66. The Hall–Kier alpha value is -0.610. The molecule has 102 valence electrons. The highest BCUT2D eigenvalue weighted by Gasteiger charge is 2.23. The molecule has 1 aromatic heterocycles. The van der Waals surface area contributed by atoms with Crippen LogP contribution in [0.1, 0.15) is 50.6 Å². The average Bonchev–Trinajstić information content (AvgIpc) is 2.92. The lowest BCUT2D eigenvalue weighted by atomic mass is 10.1. The molecule has 1 unspecified atom stereocenters. The first kappa shape index (κ1) is 13.8. The number of hydrogen-bond acceptors (Lipinski definition) is 4. The van der Waals surface area contributed by atoms with Crippen molar-refractivity contribution in [3.05, 3.63) is 10.6 Å². The van der Waals surface area contributed by atoms with Gasteiger partial charge in [-0.1, -0.05) is 27.7 Å². The van der Waals surface area contributed by atoms with Crippen LogP contribution in [-0.4, -0.2) is 24.6 Å². The second-order valence-electron chi connectivity index (χ2n) is 5.58. The highest BCUT2D eigenvalue weighted by atomic mass is 32.1. The van der Waals surface area contributed by atoms with E-state index < -0.39 is 0 Å². The number of thiazole rings is 1. The van der Waals surface area contributed by atoms with Crippen LogP contribution in [0.2, 0.25) is 0 Å². The summed E-state index contributed by atoms with van der Waals surface area (Å²) < 4.78 is 0. The summed E-state index contributed by atoms with van der Waals surface area (Å²) in [6.07, 6.45) is 1.30. The van der Waals surface area contributed by atoms with Gasteiger partial charge in [0.05, 0.1) is 5.69 Å². The van der Waals surface area contributed by atoms with Gasteiger partial charge in [-0.05, 0) is 24.8 Å². The molecule has 0 aliphatic carbocycles. The molecule has 0 radical (unpaired) electrons. The molecule has 18 heavy (non-hydrogen) atoms. The molecular formula is C14H25N3S. The molecule has 1 aliphatic rings. The van der Waals surface area contributed by atoms with E-state index in [-0.39, 0.29) is 0 Å². The van der Waals surface area contributed by atoms with E-state index in [4.69, 9.17) is 4.98 Å². The summed E-state index contributed by atoms with van der Waals surface area (Å²) in [6, 6.07) is 0. The van der Waals surface area contributed by atoms with Gasteiger partial charge in [0.15, 0.2) is 5.13 Å². The smallest absolute Gasteiger partial charge is 0.185 e. The summed E-state index contributed by atoms with van der Waals surface area (Å²) in [5.74, 6) is 1.33. The van der Waals surface area contributed by atoms with Gasteiger partial charge in [-0.25, -0.2) is 4.98 Å². The van der Waals surface area contributed by atoms with E-state index in [1.54, 1.807) is 0 Å². The molecule has 4 heteroatoms. The van der Waals surface area contributed by atoms with Gasteiger partial charge in [0.1, 0.15) is 0 Å². The predicted molar refractivity (Wildman–Crippen MR) is 79.6 cm³/mol. The van der Waals surface area contributed by atoms with E-state index in [9.17, 15) is 0 Å². The molecule has 1 atom stereocenters. The largest absolute Gasteiger partial charge is 0.348 e. The Balaban J connectivity index is 2.16. The molecule has 1 N–H and O–H groups in total. The van der Waals surface area contributed by atoms with E-state index in [2.05, 4.69) is 37.9 Å². The lowest BCUT2D eigenvalue weighted by Crippen LogP contribution is -2.18. The third kappa shape index (κ3) is 3.04. The van der Waals surface area contributed by atoms with Crippen LogP contribution in [0, 0.1) is 5.92 Å². The van der Waals surface area contributed by atoms with Crippen molar-refractivity contribution in [2.75, 3.05) is 24.5 Å². The van der Waals surface area contributed by atoms with Crippen LogP contribution >= 0.6 is 11.3 Å². The molecule has 3 nitrogen and oxygen atoms in total. The summed E-state index contributed by atoms with van der Waals surface area (Å²) in [6.45, 7) is 13.3. The van der Waals surface area contributed by atoms with Gasteiger partial charge in [0.2, 0.25) is 0 Å². The minimum absolute atomic E-state index is 0.517. The van der Waals surface area contributed by atoms with Gasteiger partial charge in [-0.15, -0.1) is 11.3 Å². The maximum atomic E-state index is 4.88. The van der Waals surface area contributed by atoms with Crippen molar-refractivity contribution in [3.63, 3.8) is 0 Å². The molecule has 0 saturated carbocycles. The van der Waals surface area contributed by atoms with Crippen molar-refractivity contribution >= 4 is 16.5 Å². The van der Waals surface area contributed by atoms with Crippen LogP contribution in [0.15, 0.2) is 0 Å². The van der Waals surface area contributed by atoms with Crippen LogP contribution in [0.5, 0.6) is 0 Å². The fourth-order valence-corrected chi connectivity index (χ4v) is 3.63. The first-order valence-corrected chi connectivity index (χ1v) is 7.88. The number of aromatic nitrogens is 1. The highest BCUT2D eigenvalue weighted by molar-refractivity contribution is 7.15. The van der Waals surface area contributed by atoms with Gasteiger partial charge in [-0.2, -0.15) is 0 Å². The average molecular weight is 267 g/mol. The normalized spacial score (nSPS) is 20.1. The minimum Gasteiger partial charge on any atom is -0.348 e. The topological polar surface area (TPSA) is 28.2 Å². The first-order chi connectivity index (χ1) is 8.61. The zero-order valence-corrected chi connectivity index (χ0v) is 12.8. The SMILES string of the molecule is CCNCc1sc(N2CCC(C)C2)nc1C(C)C. The van der Waals surface area contributed by atoms with E-state index in [1.165, 1.54) is 35.2 Å². The van der Waals surface area contributed by atoms with E-state index in [0.717, 1.165) is 19.0 Å². The standard InChI is InChI=1S/C14H25N3S/c1-5-15-8-12-13(10(2)3)16-14(18-12)17-7-6-11(4)9-17/h10-11,15H,5-9H2,1-4H3. The Morgan fingerprint density at radius 1 is 1.50 bits per heavy atom. The predicted octanol–water partition coefficient (Wildman–Crippen LogP) is 3.22. The number of anilines is 1. The van der Waals surface area contributed by atoms with Gasteiger partial charge in [-0.3, -0.25) is 0 Å². The lowest BCUT2D eigenvalue weighted by Gasteiger charge is -2.13. The van der Waals surface area contributed by atoms with Crippen molar-refractivity contribution in [2.45, 2.75) is 46.6 Å². The quantitative estimate of drug-likeness (QED) is 0.888. The van der Waals surface area contributed by atoms with Crippen LogP contribution < -0.4 is 10.2 Å². The molecule has 1 aromatic rings. The Bertz CT molecular complexity index is 386. The van der Waals surface area contributed by atoms with E-state index in [0.29, 0.717) is 5.92 Å². The molecular weight excluding hydrogens is 242 g/mol. The molecule has 0 aromatic carbocycles. The summed E-state index contributed by atoms with van der Waals surface area (Å²) in [5.41, 5.74) is 1.29. The Kier molecular flexibility index (Phi) is 4.62. The number of hydrogen-bond donors (Lipinski definition) is 1. The summed E-state index contributed by atoms with van der Waals surface area (Å²) in [4.78, 5) is 8.76. The second-order valence-corrected chi connectivity index (χ2v) is 6.64. The molecule has 0 spiro atoms. The molecule has 2 rings (SSSR count). The Morgan fingerprint density at radius 2 is 2.28 bits per heavy atom. The summed E-state index contributed by atoms with van der Waals surface area (Å²) >= 11 is 1.88. The van der Waals surface area contributed by atoms with Crippen LogP contribution in [0.3, 0.4) is 0 Å². The molecule has 0 amide bonds. The van der Waals surface area contributed by atoms with Crippen molar-refractivity contribution in [1.29, 1.82) is 0 Å².